The molecule has 2 aromatic carbocycles. The highest BCUT2D eigenvalue weighted by atomic mass is 79.9. The molecular formula is C20H21BrN2O2. The molecule has 0 bridgehead atoms. The molecule has 0 aliphatic carbocycles. The quantitative estimate of drug-likeness (QED) is 0.830. The lowest BCUT2D eigenvalue weighted by Crippen LogP contribution is -2.47. The zero-order valence-electron chi connectivity index (χ0n) is 14.4. The average Bonchev–Trinajstić information content (AvgIpc) is 2.62. The molecule has 0 aromatic heterocycles. The van der Waals surface area contributed by atoms with Gasteiger partial charge in [-0.15, -0.1) is 0 Å². The van der Waals surface area contributed by atoms with Crippen molar-refractivity contribution in [2.45, 2.75) is 39.2 Å². The number of rotatable bonds is 4. The number of nitrogens with one attached hydrogen (secondary N) is 1. The number of anilines is 2. The zero-order chi connectivity index (χ0) is 18.0. The second-order valence-electron chi connectivity index (χ2n) is 6.25. The number of hydrogen-bond donors (Lipinski definition) is 1. The Morgan fingerprint density at radius 1 is 1.20 bits per heavy atom. The number of amides is 2. The Bertz CT molecular complexity index is 802. The van der Waals surface area contributed by atoms with E-state index in [1.807, 2.05) is 42.5 Å². The number of carbonyl (C=O) groups excluding carboxylic acids is 2. The molecule has 1 aliphatic rings. The lowest BCUT2D eigenvalue weighted by molar-refractivity contribution is -0.123. The van der Waals surface area contributed by atoms with Gasteiger partial charge in [0.25, 0.3) is 0 Å². The highest BCUT2D eigenvalue weighted by Gasteiger charge is 2.31. The minimum Gasteiger partial charge on any atom is -0.324 e. The normalized spacial score (nSPS) is 14.8. The molecule has 1 heterocycles. The fourth-order valence-corrected chi connectivity index (χ4v) is 3.51. The van der Waals surface area contributed by atoms with E-state index >= 15 is 0 Å². The first kappa shape index (κ1) is 17.7. The van der Waals surface area contributed by atoms with E-state index in [0.29, 0.717) is 12.8 Å². The number of halogens is 1. The van der Waals surface area contributed by atoms with E-state index in [1.165, 1.54) is 5.56 Å². The zero-order valence-corrected chi connectivity index (χ0v) is 16.0. The molecule has 5 heteroatoms. The second kappa shape index (κ2) is 7.40. The highest BCUT2D eigenvalue weighted by Crippen LogP contribution is 2.32. The predicted octanol–water partition coefficient (Wildman–Crippen LogP) is 4.32. The molecule has 0 spiro atoms. The van der Waals surface area contributed by atoms with Crippen molar-refractivity contribution in [1.29, 1.82) is 0 Å². The first-order valence-electron chi connectivity index (χ1n) is 8.50. The summed E-state index contributed by atoms with van der Waals surface area (Å²) in [4.78, 5) is 26.7. The Labute approximate surface area is 156 Å². The molecule has 2 aromatic rings. The van der Waals surface area contributed by atoms with Crippen LogP contribution in [0.25, 0.3) is 0 Å². The Morgan fingerprint density at radius 3 is 2.60 bits per heavy atom. The molecule has 1 N–H and O–H groups in total. The Kier molecular flexibility index (Phi) is 5.23. The third-order valence-electron chi connectivity index (χ3n) is 4.57. The predicted molar refractivity (Wildman–Crippen MR) is 104 cm³/mol. The largest absolute Gasteiger partial charge is 0.324 e. The number of hydrogen-bond acceptors (Lipinski definition) is 2. The molecule has 130 valence electrons. The molecule has 0 fully saturated rings. The lowest BCUT2D eigenvalue weighted by Gasteiger charge is -2.33. The lowest BCUT2D eigenvalue weighted by atomic mass is 9.99. The summed E-state index contributed by atoms with van der Waals surface area (Å²) in [5, 5.41) is 2.91. The Hall–Kier alpha value is -2.14. The van der Waals surface area contributed by atoms with Gasteiger partial charge in [0.05, 0.1) is 0 Å². The van der Waals surface area contributed by atoms with E-state index in [1.54, 1.807) is 11.8 Å². The third-order valence-corrected chi connectivity index (χ3v) is 5.07. The first-order valence-corrected chi connectivity index (χ1v) is 9.29. The van der Waals surface area contributed by atoms with Crippen molar-refractivity contribution in [3.8, 4) is 0 Å². The van der Waals surface area contributed by atoms with Gasteiger partial charge in [-0.25, -0.2) is 0 Å². The fourth-order valence-electron chi connectivity index (χ4n) is 3.10. The van der Waals surface area contributed by atoms with Crippen LogP contribution < -0.4 is 10.2 Å². The van der Waals surface area contributed by atoms with Gasteiger partial charge >= 0.3 is 0 Å². The third kappa shape index (κ3) is 3.76. The molecule has 3 rings (SSSR count). The van der Waals surface area contributed by atoms with E-state index in [2.05, 4.69) is 28.2 Å². The molecule has 0 saturated heterocycles. The van der Waals surface area contributed by atoms with Crippen LogP contribution in [0.2, 0.25) is 0 Å². The van der Waals surface area contributed by atoms with Crippen LogP contribution in [0.4, 0.5) is 11.4 Å². The summed E-state index contributed by atoms with van der Waals surface area (Å²) >= 11 is 3.46. The van der Waals surface area contributed by atoms with Gasteiger partial charge in [0.2, 0.25) is 11.8 Å². The topological polar surface area (TPSA) is 49.4 Å². The first-order chi connectivity index (χ1) is 12.0. The van der Waals surface area contributed by atoms with Crippen molar-refractivity contribution in [3.63, 3.8) is 0 Å². The van der Waals surface area contributed by atoms with Crippen LogP contribution in [0, 0.1) is 0 Å². The van der Waals surface area contributed by atoms with Gasteiger partial charge in [0, 0.05) is 22.3 Å². The summed E-state index contributed by atoms with van der Waals surface area (Å²) in [5.74, 6) is -0.202. The smallest absolute Gasteiger partial charge is 0.247 e. The summed E-state index contributed by atoms with van der Waals surface area (Å²) in [5.41, 5.74) is 3.87. The molecule has 0 radical (unpaired) electrons. The van der Waals surface area contributed by atoms with Crippen LogP contribution in [0.5, 0.6) is 0 Å². The van der Waals surface area contributed by atoms with E-state index in [-0.39, 0.29) is 11.8 Å². The van der Waals surface area contributed by atoms with E-state index in [0.717, 1.165) is 27.8 Å². The molecule has 1 aliphatic heterocycles. The highest BCUT2D eigenvalue weighted by molar-refractivity contribution is 9.10. The van der Waals surface area contributed by atoms with Crippen LogP contribution in [0.1, 0.15) is 31.4 Å². The SMILES string of the molecule is CCc1ccc(NC(=O)C(C)N2C(=O)CCc3cc(Br)ccc32)cc1. The number of aryl methyl sites for hydroxylation is 2. The van der Waals surface area contributed by atoms with Crippen LogP contribution in [0.15, 0.2) is 46.9 Å². The molecule has 4 nitrogen and oxygen atoms in total. The van der Waals surface area contributed by atoms with E-state index in [4.69, 9.17) is 0 Å². The average molecular weight is 401 g/mol. The van der Waals surface area contributed by atoms with E-state index in [9.17, 15) is 9.59 Å². The van der Waals surface area contributed by atoms with Gasteiger partial charge < -0.3 is 5.32 Å². The molecule has 0 saturated carbocycles. The fraction of sp³-hybridized carbons (Fsp3) is 0.300. The summed E-state index contributed by atoms with van der Waals surface area (Å²) < 4.78 is 0.980. The minimum absolute atomic E-state index is 0.0150. The maximum absolute atomic E-state index is 12.7. The number of fused-ring (bicyclic) bond motifs is 1. The van der Waals surface area contributed by atoms with Gasteiger partial charge in [-0.1, -0.05) is 35.0 Å². The molecule has 1 unspecified atom stereocenters. The van der Waals surface area contributed by atoms with Crippen molar-refractivity contribution in [2.75, 3.05) is 10.2 Å². The monoisotopic (exact) mass is 400 g/mol. The Balaban J connectivity index is 1.80. The standard InChI is InChI=1S/C20H21BrN2O2/c1-3-14-4-8-17(9-5-14)22-20(25)13(2)23-18-10-7-16(21)12-15(18)6-11-19(23)24/h4-5,7-10,12-13H,3,6,11H2,1-2H3,(H,22,25). The van der Waals surface area contributed by atoms with Crippen molar-refractivity contribution < 1.29 is 9.59 Å². The maximum Gasteiger partial charge on any atom is 0.247 e. The maximum atomic E-state index is 12.7. The van der Waals surface area contributed by atoms with Gasteiger partial charge in [-0.2, -0.15) is 0 Å². The van der Waals surface area contributed by atoms with Crippen molar-refractivity contribution in [2.24, 2.45) is 0 Å². The number of nitrogens with zero attached hydrogens (tertiary/aromatic N) is 1. The van der Waals surface area contributed by atoms with Gasteiger partial charge in [0.1, 0.15) is 6.04 Å². The van der Waals surface area contributed by atoms with Crippen LogP contribution >= 0.6 is 15.9 Å². The Morgan fingerprint density at radius 2 is 1.92 bits per heavy atom. The number of benzene rings is 2. The minimum atomic E-state index is -0.571. The van der Waals surface area contributed by atoms with Crippen molar-refractivity contribution >= 4 is 39.1 Å². The number of carbonyl (C=O) groups is 2. The summed E-state index contributed by atoms with van der Waals surface area (Å²) in [7, 11) is 0. The van der Waals surface area contributed by atoms with Crippen LogP contribution in [-0.4, -0.2) is 17.9 Å². The van der Waals surface area contributed by atoms with Crippen LogP contribution in [0.3, 0.4) is 0 Å². The van der Waals surface area contributed by atoms with Gasteiger partial charge in [0.15, 0.2) is 0 Å². The summed E-state index contributed by atoms with van der Waals surface area (Å²) in [6, 6.07) is 13.0. The van der Waals surface area contributed by atoms with Gasteiger partial charge in [-0.3, -0.25) is 14.5 Å². The molecular weight excluding hydrogens is 380 g/mol. The van der Waals surface area contributed by atoms with E-state index < -0.39 is 6.04 Å². The molecule has 2 amide bonds. The van der Waals surface area contributed by atoms with Crippen molar-refractivity contribution in [1.82, 2.24) is 0 Å². The summed E-state index contributed by atoms with van der Waals surface area (Å²) in [6.45, 7) is 3.86. The van der Waals surface area contributed by atoms with Crippen LogP contribution in [-0.2, 0) is 22.4 Å². The molecule has 25 heavy (non-hydrogen) atoms. The molecule has 1 atom stereocenters. The van der Waals surface area contributed by atoms with Gasteiger partial charge in [-0.05, 0) is 61.2 Å². The second-order valence-corrected chi connectivity index (χ2v) is 7.17. The summed E-state index contributed by atoms with van der Waals surface area (Å²) in [6.07, 6.45) is 2.09. The van der Waals surface area contributed by atoms with Crippen molar-refractivity contribution in [3.05, 3.63) is 58.1 Å².